The number of rotatable bonds is 8. The minimum atomic E-state index is 0.0375. The van der Waals surface area contributed by atoms with Crippen molar-refractivity contribution < 1.29 is 4.79 Å². The minimum absolute atomic E-state index is 0.0375. The second-order valence-corrected chi connectivity index (χ2v) is 11.1. The monoisotopic (exact) mass is 560 g/mol. The number of imidazole rings is 1. The van der Waals surface area contributed by atoms with Crippen LogP contribution in [0.25, 0.3) is 16.9 Å². The lowest BCUT2D eigenvalue weighted by molar-refractivity contribution is -0.130. The van der Waals surface area contributed by atoms with Gasteiger partial charge in [0.25, 0.3) is 0 Å². The zero-order valence-electron chi connectivity index (χ0n) is 23.5. The Bertz CT molecular complexity index is 1450. The number of aliphatic imine (C=N–C) groups is 1. The Kier molecular flexibility index (Phi) is 8.40. The zero-order valence-corrected chi connectivity index (χ0v) is 24.2. The van der Waals surface area contributed by atoms with E-state index in [4.69, 9.17) is 16.6 Å². The van der Waals surface area contributed by atoms with Crippen LogP contribution in [0.3, 0.4) is 0 Å². The Morgan fingerprint density at radius 2 is 1.98 bits per heavy atom. The van der Waals surface area contributed by atoms with Crippen LogP contribution in [0.2, 0.25) is 0 Å². The number of allylic oxidation sites excluding steroid dienone is 1. The number of carbonyl (C=O) groups is 1. The highest BCUT2D eigenvalue weighted by molar-refractivity contribution is 6.31. The van der Waals surface area contributed by atoms with Crippen molar-refractivity contribution in [2.24, 2.45) is 10.9 Å². The molecule has 1 aromatic carbocycles. The normalized spacial score (nSPS) is 16.2. The molecular weight excluding hydrogens is 524 g/mol. The summed E-state index contributed by atoms with van der Waals surface area (Å²) in [7, 11) is 2.14. The van der Waals surface area contributed by atoms with Gasteiger partial charge in [-0.25, -0.2) is 4.98 Å². The Balaban J connectivity index is 1.26. The largest absolute Gasteiger partial charge is 0.374 e. The number of hydrogen-bond donors (Lipinski definition) is 1. The predicted molar refractivity (Wildman–Crippen MR) is 163 cm³/mol. The summed E-state index contributed by atoms with van der Waals surface area (Å²) in [4.78, 5) is 32.9. The fraction of sp³-hybridized carbons (Fsp3) is 0.400. The van der Waals surface area contributed by atoms with Crippen LogP contribution >= 0.6 is 11.6 Å². The number of hydrogen-bond acceptors (Lipinski definition) is 7. The third kappa shape index (κ3) is 5.99. The maximum atomic E-state index is 13.2. The van der Waals surface area contributed by atoms with Crippen LogP contribution in [-0.4, -0.2) is 82.6 Å². The van der Waals surface area contributed by atoms with E-state index < -0.39 is 0 Å². The van der Waals surface area contributed by atoms with Crippen molar-refractivity contribution in [3.05, 3.63) is 65.9 Å². The Morgan fingerprint density at radius 3 is 2.75 bits per heavy atom. The number of benzene rings is 1. The first-order valence-electron chi connectivity index (χ1n) is 13.8. The Hall–Kier alpha value is -3.85. The van der Waals surface area contributed by atoms with Gasteiger partial charge in [0.15, 0.2) is 5.65 Å². The van der Waals surface area contributed by atoms with Gasteiger partial charge in [-0.1, -0.05) is 38.1 Å². The van der Waals surface area contributed by atoms with Crippen LogP contribution in [0, 0.1) is 5.92 Å². The molecular formula is C30H37ClN8O. The molecule has 0 spiro atoms. The van der Waals surface area contributed by atoms with Gasteiger partial charge in [-0.3, -0.25) is 19.2 Å². The van der Waals surface area contributed by atoms with Crippen molar-refractivity contribution in [2.75, 3.05) is 56.5 Å². The first kappa shape index (κ1) is 27.7. The fourth-order valence-corrected chi connectivity index (χ4v) is 5.39. The van der Waals surface area contributed by atoms with Crippen LogP contribution in [-0.2, 0) is 11.2 Å². The third-order valence-electron chi connectivity index (χ3n) is 7.40. The molecule has 0 atom stereocenters. The number of aryl methyl sites for hydroxylation is 1. The molecule has 210 valence electrons. The lowest BCUT2D eigenvalue weighted by Gasteiger charge is -2.37. The first-order chi connectivity index (χ1) is 19.3. The smallest absolute Gasteiger partial charge is 0.242 e. The SMILES string of the molecule is C=C(/C(Cl)=C\N=CC(C)C)N1CCN(C(=O)CNc2c(-c3ccc4c(c3)CCCN4C)nc3cnccn23)CC1. The van der Waals surface area contributed by atoms with E-state index in [1.807, 2.05) is 21.7 Å². The summed E-state index contributed by atoms with van der Waals surface area (Å²) in [5.41, 5.74) is 5.91. The van der Waals surface area contributed by atoms with Gasteiger partial charge in [0.1, 0.15) is 11.5 Å². The molecule has 2 aromatic heterocycles. The number of anilines is 2. The molecule has 0 radical (unpaired) electrons. The number of amides is 1. The molecule has 1 saturated heterocycles. The Labute approximate surface area is 240 Å². The molecule has 1 amide bonds. The molecule has 5 rings (SSSR count). The highest BCUT2D eigenvalue weighted by atomic mass is 35.5. The average Bonchev–Trinajstić information content (AvgIpc) is 3.34. The molecule has 1 N–H and O–H groups in total. The van der Waals surface area contributed by atoms with E-state index in [0.29, 0.717) is 37.1 Å². The molecule has 0 saturated carbocycles. The van der Waals surface area contributed by atoms with Crippen molar-refractivity contribution in [2.45, 2.75) is 26.7 Å². The van der Waals surface area contributed by atoms with Crippen LogP contribution in [0.4, 0.5) is 11.5 Å². The van der Waals surface area contributed by atoms with Gasteiger partial charge in [0, 0.05) is 81.5 Å². The summed E-state index contributed by atoms with van der Waals surface area (Å²) in [6.07, 6.45) is 11.0. The number of nitrogens with zero attached hydrogens (tertiary/aromatic N) is 7. The highest BCUT2D eigenvalue weighted by Gasteiger charge is 2.24. The van der Waals surface area contributed by atoms with E-state index in [9.17, 15) is 4.79 Å². The van der Waals surface area contributed by atoms with Crippen molar-refractivity contribution in [3.63, 3.8) is 0 Å². The second kappa shape index (κ2) is 12.1. The summed E-state index contributed by atoms with van der Waals surface area (Å²) in [5, 5.41) is 3.91. The summed E-state index contributed by atoms with van der Waals surface area (Å²) in [5.74, 6) is 1.18. The molecule has 10 heteroatoms. The van der Waals surface area contributed by atoms with E-state index >= 15 is 0 Å². The number of aromatic nitrogens is 3. The van der Waals surface area contributed by atoms with E-state index in [2.05, 4.69) is 70.8 Å². The molecule has 0 unspecified atom stereocenters. The summed E-state index contributed by atoms with van der Waals surface area (Å²) < 4.78 is 1.96. The van der Waals surface area contributed by atoms with Crippen molar-refractivity contribution >= 4 is 40.9 Å². The zero-order chi connectivity index (χ0) is 28.2. The second-order valence-electron chi connectivity index (χ2n) is 10.7. The molecule has 9 nitrogen and oxygen atoms in total. The topological polar surface area (TPSA) is 81.4 Å². The molecule has 4 heterocycles. The molecule has 3 aromatic rings. The van der Waals surface area contributed by atoms with E-state index in [1.165, 1.54) is 11.3 Å². The number of carbonyl (C=O) groups excluding carboxylic acids is 1. The number of nitrogens with one attached hydrogen (secondary N) is 1. The van der Waals surface area contributed by atoms with Crippen molar-refractivity contribution in [1.82, 2.24) is 24.2 Å². The predicted octanol–water partition coefficient (Wildman–Crippen LogP) is 4.66. The van der Waals surface area contributed by atoms with Gasteiger partial charge in [-0.2, -0.15) is 0 Å². The number of halogens is 1. The van der Waals surface area contributed by atoms with Crippen molar-refractivity contribution in [3.8, 4) is 11.3 Å². The molecule has 0 aliphatic carbocycles. The highest BCUT2D eigenvalue weighted by Crippen LogP contribution is 2.34. The molecule has 2 aliphatic rings. The molecule has 1 fully saturated rings. The van der Waals surface area contributed by atoms with E-state index in [-0.39, 0.29) is 12.5 Å². The number of piperazine rings is 1. The van der Waals surface area contributed by atoms with Crippen LogP contribution < -0.4 is 10.2 Å². The summed E-state index contributed by atoms with van der Waals surface area (Å²) >= 11 is 6.41. The standard InChI is InChI=1S/C30H37ClN8O/c1-21(2)17-33-18-25(31)22(3)37-12-14-38(15-13-37)28(40)20-34-30-29(35-27-19-32-9-11-39(27)30)24-7-8-26-23(16-24)6-5-10-36(26)4/h7-9,11,16-19,21,34H,3,5-6,10,12-15,20H2,1-2,4H3/b25-18+,33-17?. The summed E-state index contributed by atoms with van der Waals surface area (Å²) in [6.45, 7) is 12.0. The molecule has 0 bridgehead atoms. The summed E-state index contributed by atoms with van der Waals surface area (Å²) in [6, 6.07) is 6.52. The maximum Gasteiger partial charge on any atom is 0.242 e. The van der Waals surface area contributed by atoms with Gasteiger partial charge >= 0.3 is 0 Å². The molecule has 40 heavy (non-hydrogen) atoms. The molecule has 2 aliphatic heterocycles. The van der Waals surface area contributed by atoms with Crippen molar-refractivity contribution in [1.29, 1.82) is 0 Å². The van der Waals surface area contributed by atoms with Gasteiger partial charge in [-0.05, 0) is 36.5 Å². The van der Waals surface area contributed by atoms with Crippen LogP contribution in [0.5, 0.6) is 0 Å². The quantitative estimate of drug-likeness (QED) is 0.319. The van der Waals surface area contributed by atoms with E-state index in [1.54, 1.807) is 18.6 Å². The van der Waals surface area contributed by atoms with Gasteiger partial charge < -0.3 is 20.0 Å². The number of fused-ring (bicyclic) bond motifs is 2. The minimum Gasteiger partial charge on any atom is -0.374 e. The lowest BCUT2D eigenvalue weighted by atomic mass is 9.98. The Morgan fingerprint density at radius 1 is 1.20 bits per heavy atom. The average molecular weight is 561 g/mol. The van der Waals surface area contributed by atoms with Gasteiger partial charge in [0.2, 0.25) is 5.91 Å². The third-order valence-corrected chi connectivity index (χ3v) is 7.72. The van der Waals surface area contributed by atoms with Crippen LogP contribution in [0.1, 0.15) is 25.8 Å². The fourth-order valence-electron chi connectivity index (χ4n) is 5.21. The lowest BCUT2D eigenvalue weighted by Crippen LogP contribution is -2.49. The van der Waals surface area contributed by atoms with Gasteiger partial charge in [0.05, 0.1) is 17.8 Å². The van der Waals surface area contributed by atoms with Gasteiger partial charge in [-0.15, -0.1) is 0 Å². The maximum absolute atomic E-state index is 13.2. The first-order valence-corrected chi connectivity index (χ1v) is 14.2. The van der Waals surface area contributed by atoms with E-state index in [0.717, 1.165) is 47.8 Å². The van der Waals surface area contributed by atoms with Crippen LogP contribution in [0.15, 0.2) is 65.3 Å².